The first-order chi connectivity index (χ1) is 6.41. The van der Waals surface area contributed by atoms with E-state index in [1.165, 1.54) is 12.3 Å². The standard InChI is InChI=1S/C13H22/c1-2-6-12-11(5-1)7-10-13(12)8-3-4-9-13/h11-12H,1-10H2. The van der Waals surface area contributed by atoms with Gasteiger partial charge in [0.05, 0.1) is 0 Å². The Bertz CT molecular complexity index is 188. The highest BCUT2D eigenvalue weighted by Crippen LogP contribution is 2.60. The van der Waals surface area contributed by atoms with Crippen LogP contribution in [0.3, 0.4) is 0 Å². The summed E-state index contributed by atoms with van der Waals surface area (Å²) in [4.78, 5) is 0. The number of hydrogen-bond acceptors (Lipinski definition) is 0. The Labute approximate surface area is 82.1 Å². The molecule has 0 amide bonds. The van der Waals surface area contributed by atoms with E-state index >= 15 is 0 Å². The molecule has 3 aliphatic carbocycles. The zero-order chi connectivity index (χ0) is 8.73. The largest absolute Gasteiger partial charge is 0.0530 e. The smallest absolute Gasteiger partial charge is 0.0266 e. The normalized spacial score (nSPS) is 42.5. The van der Waals surface area contributed by atoms with Crippen molar-refractivity contribution in [2.75, 3.05) is 0 Å². The summed E-state index contributed by atoms with van der Waals surface area (Å²) in [6, 6.07) is 0. The molecule has 2 atom stereocenters. The number of fused-ring (bicyclic) bond motifs is 2. The van der Waals surface area contributed by atoms with E-state index in [1.54, 1.807) is 57.8 Å². The van der Waals surface area contributed by atoms with Crippen molar-refractivity contribution in [3.8, 4) is 0 Å². The predicted octanol–water partition coefficient (Wildman–Crippen LogP) is 4.15. The van der Waals surface area contributed by atoms with E-state index in [-0.39, 0.29) is 0 Å². The van der Waals surface area contributed by atoms with Crippen molar-refractivity contribution in [2.45, 2.75) is 64.2 Å². The molecule has 1 spiro atoms. The van der Waals surface area contributed by atoms with Gasteiger partial charge in [0.2, 0.25) is 0 Å². The number of rotatable bonds is 0. The fourth-order valence-electron chi connectivity index (χ4n) is 4.72. The van der Waals surface area contributed by atoms with Gasteiger partial charge in [0, 0.05) is 0 Å². The summed E-state index contributed by atoms with van der Waals surface area (Å²) in [5.74, 6) is 2.33. The third-order valence-corrected chi connectivity index (χ3v) is 5.31. The molecule has 13 heavy (non-hydrogen) atoms. The first-order valence-electron chi connectivity index (χ1n) is 6.41. The molecule has 74 valence electrons. The Balaban J connectivity index is 1.82. The fourth-order valence-corrected chi connectivity index (χ4v) is 4.72. The van der Waals surface area contributed by atoms with E-state index < -0.39 is 0 Å². The molecule has 0 heteroatoms. The van der Waals surface area contributed by atoms with Crippen molar-refractivity contribution in [1.29, 1.82) is 0 Å². The topological polar surface area (TPSA) is 0 Å². The van der Waals surface area contributed by atoms with Crippen LogP contribution in [0.1, 0.15) is 64.2 Å². The first kappa shape index (κ1) is 8.32. The van der Waals surface area contributed by atoms with Crippen LogP contribution >= 0.6 is 0 Å². The Morgan fingerprint density at radius 1 is 0.692 bits per heavy atom. The van der Waals surface area contributed by atoms with Crippen LogP contribution < -0.4 is 0 Å². The maximum Gasteiger partial charge on any atom is -0.0266 e. The van der Waals surface area contributed by atoms with Crippen molar-refractivity contribution in [3.63, 3.8) is 0 Å². The molecule has 0 aromatic heterocycles. The van der Waals surface area contributed by atoms with Gasteiger partial charge in [0.25, 0.3) is 0 Å². The molecule has 3 saturated carbocycles. The highest BCUT2D eigenvalue weighted by Gasteiger charge is 2.49. The third-order valence-electron chi connectivity index (χ3n) is 5.31. The van der Waals surface area contributed by atoms with Crippen LogP contribution in [0.25, 0.3) is 0 Å². The number of hydrogen-bond donors (Lipinski definition) is 0. The first-order valence-corrected chi connectivity index (χ1v) is 6.41. The van der Waals surface area contributed by atoms with Crippen molar-refractivity contribution >= 4 is 0 Å². The zero-order valence-corrected chi connectivity index (χ0v) is 8.73. The van der Waals surface area contributed by atoms with Crippen LogP contribution in [0.2, 0.25) is 0 Å². The van der Waals surface area contributed by atoms with Gasteiger partial charge in [-0.05, 0) is 49.4 Å². The van der Waals surface area contributed by atoms with Crippen LogP contribution in [0.4, 0.5) is 0 Å². The molecule has 0 bridgehead atoms. The second-order valence-corrected chi connectivity index (χ2v) is 5.76. The molecule has 0 heterocycles. The van der Waals surface area contributed by atoms with E-state index in [1.807, 2.05) is 0 Å². The maximum absolute atomic E-state index is 1.60. The lowest BCUT2D eigenvalue weighted by Gasteiger charge is -2.36. The van der Waals surface area contributed by atoms with Gasteiger partial charge in [-0.1, -0.05) is 32.1 Å². The minimum Gasteiger partial charge on any atom is -0.0530 e. The molecule has 0 nitrogen and oxygen atoms in total. The molecule has 0 radical (unpaired) electrons. The summed E-state index contributed by atoms with van der Waals surface area (Å²) in [7, 11) is 0. The molecule has 3 fully saturated rings. The minimum absolute atomic E-state index is 0.880. The Hall–Kier alpha value is 0. The molecule has 0 N–H and O–H groups in total. The van der Waals surface area contributed by atoms with Crippen LogP contribution in [-0.2, 0) is 0 Å². The highest BCUT2D eigenvalue weighted by molar-refractivity contribution is 4.99. The van der Waals surface area contributed by atoms with E-state index in [2.05, 4.69) is 0 Å². The van der Waals surface area contributed by atoms with Crippen LogP contribution in [0, 0.1) is 17.3 Å². The molecule has 3 rings (SSSR count). The summed E-state index contributed by atoms with van der Waals surface area (Å²) in [6.45, 7) is 0. The van der Waals surface area contributed by atoms with E-state index in [4.69, 9.17) is 0 Å². The quantitative estimate of drug-likeness (QED) is 0.523. The van der Waals surface area contributed by atoms with Crippen molar-refractivity contribution in [1.82, 2.24) is 0 Å². The van der Waals surface area contributed by atoms with Crippen LogP contribution in [-0.4, -0.2) is 0 Å². The summed E-state index contributed by atoms with van der Waals surface area (Å²) < 4.78 is 0. The average molecular weight is 178 g/mol. The molecule has 0 aromatic carbocycles. The van der Waals surface area contributed by atoms with Gasteiger partial charge in [0.15, 0.2) is 0 Å². The van der Waals surface area contributed by atoms with Gasteiger partial charge in [-0.25, -0.2) is 0 Å². The van der Waals surface area contributed by atoms with Gasteiger partial charge in [-0.3, -0.25) is 0 Å². The Kier molecular flexibility index (Phi) is 1.92. The maximum atomic E-state index is 1.60. The minimum atomic E-state index is 0.880. The SMILES string of the molecule is C1CCC2C(C1)CCC21CCCC1. The summed E-state index contributed by atoms with van der Waals surface area (Å²) in [6.07, 6.45) is 15.7. The summed E-state index contributed by atoms with van der Waals surface area (Å²) in [5.41, 5.74) is 0.880. The molecular formula is C13H22. The van der Waals surface area contributed by atoms with Gasteiger partial charge >= 0.3 is 0 Å². The van der Waals surface area contributed by atoms with Gasteiger partial charge in [0.1, 0.15) is 0 Å². The zero-order valence-electron chi connectivity index (χ0n) is 8.73. The van der Waals surface area contributed by atoms with E-state index in [9.17, 15) is 0 Å². The lowest BCUT2D eigenvalue weighted by molar-refractivity contribution is 0.133. The lowest BCUT2D eigenvalue weighted by Crippen LogP contribution is -2.27. The second-order valence-electron chi connectivity index (χ2n) is 5.76. The second kappa shape index (κ2) is 3.00. The van der Waals surface area contributed by atoms with Crippen molar-refractivity contribution in [3.05, 3.63) is 0 Å². The van der Waals surface area contributed by atoms with Gasteiger partial charge in [-0.15, -0.1) is 0 Å². The lowest BCUT2D eigenvalue weighted by atomic mass is 9.68. The summed E-state index contributed by atoms with van der Waals surface area (Å²) in [5, 5.41) is 0. The molecule has 0 aromatic rings. The fraction of sp³-hybridized carbons (Fsp3) is 1.00. The van der Waals surface area contributed by atoms with Crippen molar-refractivity contribution < 1.29 is 0 Å². The predicted molar refractivity (Wildman–Crippen MR) is 55.6 cm³/mol. The molecule has 0 saturated heterocycles. The molecule has 3 aliphatic rings. The Morgan fingerprint density at radius 3 is 2.31 bits per heavy atom. The average Bonchev–Trinajstić information content (AvgIpc) is 2.78. The van der Waals surface area contributed by atoms with Gasteiger partial charge in [-0.2, -0.15) is 0 Å². The summed E-state index contributed by atoms with van der Waals surface area (Å²) >= 11 is 0. The van der Waals surface area contributed by atoms with E-state index in [0.29, 0.717) is 0 Å². The Morgan fingerprint density at radius 2 is 1.46 bits per heavy atom. The molecule has 2 unspecified atom stereocenters. The van der Waals surface area contributed by atoms with E-state index in [0.717, 1.165) is 11.3 Å². The molecular weight excluding hydrogens is 156 g/mol. The van der Waals surface area contributed by atoms with Crippen LogP contribution in [0.5, 0.6) is 0 Å². The highest BCUT2D eigenvalue weighted by atomic mass is 14.5. The van der Waals surface area contributed by atoms with Crippen LogP contribution in [0.15, 0.2) is 0 Å². The van der Waals surface area contributed by atoms with Crippen molar-refractivity contribution in [2.24, 2.45) is 17.3 Å². The molecule has 0 aliphatic heterocycles. The van der Waals surface area contributed by atoms with Gasteiger partial charge < -0.3 is 0 Å². The third kappa shape index (κ3) is 1.17. The monoisotopic (exact) mass is 178 g/mol.